The monoisotopic (exact) mass is 382 g/mol. The van der Waals surface area contributed by atoms with E-state index < -0.39 is 0 Å². The Kier molecular flexibility index (Phi) is 7.96. The fourth-order valence-corrected chi connectivity index (χ4v) is 2.43. The van der Waals surface area contributed by atoms with E-state index in [1.807, 2.05) is 56.3 Å². The summed E-state index contributed by atoms with van der Waals surface area (Å²) < 4.78 is 16.2. The van der Waals surface area contributed by atoms with Gasteiger partial charge >= 0.3 is 6.03 Å². The average molecular weight is 382 g/mol. The van der Waals surface area contributed by atoms with E-state index in [0.29, 0.717) is 23.7 Å². The molecule has 0 bridgehead atoms. The lowest BCUT2D eigenvalue weighted by Crippen LogP contribution is -2.28. The molecule has 0 saturated heterocycles. The molecule has 2 amide bonds. The third kappa shape index (κ3) is 6.09. The van der Waals surface area contributed by atoms with Gasteiger partial charge in [0.05, 0.1) is 19.9 Å². The highest BCUT2D eigenvalue weighted by Gasteiger charge is 2.09. The SMILES string of the molecule is C/C=C\C(=C/C)Oc1ccc(CNC(=O)Nc2cc(OC)ccc2OC)cc1. The summed E-state index contributed by atoms with van der Waals surface area (Å²) >= 11 is 0. The highest BCUT2D eigenvalue weighted by atomic mass is 16.5. The molecule has 0 atom stereocenters. The Bertz CT molecular complexity index is 842. The topological polar surface area (TPSA) is 68.8 Å². The van der Waals surface area contributed by atoms with E-state index in [4.69, 9.17) is 14.2 Å². The van der Waals surface area contributed by atoms with Crippen molar-refractivity contribution in [3.05, 3.63) is 72.0 Å². The Hall–Kier alpha value is -3.41. The number of carbonyl (C=O) groups is 1. The normalized spacial score (nSPS) is 11.2. The quantitative estimate of drug-likeness (QED) is 0.504. The van der Waals surface area contributed by atoms with Crippen LogP contribution in [-0.4, -0.2) is 20.3 Å². The molecule has 0 aliphatic heterocycles. The molecule has 0 aromatic heterocycles. The van der Waals surface area contributed by atoms with E-state index in [2.05, 4.69) is 10.6 Å². The number of ether oxygens (including phenoxy) is 3. The summed E-state index contributed by atoms with van der Waals surface area (Å²) in [6.07, 6.45) is 5.71. The molecule has 2 N–H and O–H groups in total. The molecule has 6 heteroatoms. The van der Waals surface area contributed by atoms with Crippen molar-refractivity contribution in [2.24, 2.45) is 0 Å². The molecule has 148 valence electrons. The van der Waals surface area contributed by atoms with E-state index in [0.717, 1.165) is 17.1 Å². The number of benzene rings is 2. The van der Waals surface area contributed by atoms with Crippen LogP contribution in [0.15, 0.2) is 66.5 Å². The van der Waals surface area contributed by atoms with Gasteiger partial charge in [-0.1, -0.05) is 18.2 Å². The average Bonchev–Trinajstić information content (AvgIpc) is 2.72. The second-order valence-corrected chi connectivity index (χ2v) is 5.81. The lowest BCUT2D eigenvalue weighted by atomic mass is 10.2. The molecule has 2 rings (SSSR count). The Labute approximate surface area is 165 Å². The van der Waals surface area contributed by atoms with Gasteiger partial charge in [-0.3, -0.25) is 0 Å². The fourth-order valence-electron chi connectivity index (χ4n) is 2.43. The predicted octanol–water partition coefficient (Wildman–Crippen LogP) is 4.88. The standard InChI is InChI=1S/C22H26N2O4/c1-5-7-17(6-2)28-18-10-8-16(9-11-18)15-23-22(25)24-20-14-19(26-3)12-13-21(20)27-4/h5-14H,15H2,1-4H3,(H2,23,24,25)/b7-5-,17-6+. The van der Waals surface area contributed by atoms with E-state index >= 15 is 0 Å². The van der Waals surface area contributed by atoms with E-state index in [9.17, 15) is 4.79 Å². The van der Waals surface area contributed by atoms with Crippen LogP contribution in [-0.2, 0) is 6.54 Å². The highest BCUT2D eigenvalue weighted by Crippen LogP contribution is 2.28. The summed E-state index contributed by atoms with van der Waals surface area (Å²) in [4.78, 5) is 12.2. The zero-order valence-corrected chi connectivity index (χ0v) is 16.6. The lowest BCUT2D eigenvalue weighted by molar-refractivity contribution is 0.251. The maximum Gasteiger partial charge on any atom is 0.319 e. The molecule has 0 fully saturated rings. The highest BCUT2D eigenvalue weighted by molar-refractivity contribution is 5.91. The first-order valence-electron chi connectivity index (χ1n) is 8.92. The zero-order chi connectivity index (χ0) is 20.4. The molecule has 0 aliphatic rings. The Morgan fingerprint density at radius 3 is 2.32 bits per heavy atom. The van der Waals surface area contributed by atoms with Crippen LogP contribution in [0.5, 0.6) is 17.2 Å². The van der Waals surface area contributed by atoms with Crippen molar-refractivity contribution in [2.75, 3.05) is 19.5 Å². The Morgan fingerprint density at radius 1 is 1.00 bits per heavy atom. The molecule has 2 aromatic rings. The number of anilines is 1. The van der Waals surface area contributed by atoms with Crippen molar-refractivity contribution in [2.45, 2.75) is 20.4 Å². The largest absolute Gasteiger partial charge is 0.497 e. The van der Waals surface area contributed by atoms with Crippen molar-refractivity contribution < 1.29 is 19.0 Å². The number of amides is 2. The first-order chi connectivity index (χ1) is 13.6. The van der Waals surface area contributed by atoms with Crippen LogP contribution >= 0.6 is 0 Å². The van der Waals surface area contributed by atoms with E-state index in [1.165, 1.54) is 0 Å². The van der Waals surface area contributed by atoms with Crippen LogP contribution in [0.25, 0.3) is 0 Å². The third-order valence-electron chi connectivity index (χ3n) is 3.88. The summed E-state index contributed by atoms with van der Waals surface area (Å²) in [6, 6.07) is 12.4. The predicted molar refractivity (Wildman–Crippen MR) is 111 cm³/mol. The van der Waals surface area contributed by atoms with Gasteiger partial charge in [0, 0.05) is 12.6 Å². The number of methoxy groups -OCH3 is 2. The fraction of sp³-hybridized carbons (Fsp3) is 0.227. The van der Waals surface area contributed by atoms with Crippen molar-refractivity contribution in [1.82, 2.24) is 5.32 Å². The molecule has 28 heavy (non-hydrogen) atoms. The van der Waals surface area contributed by atoms with Crippen molar-refractivity contribution >= 4 is 11.7 Å². The molecular weight excluding hydrogens is 356 g/mol. The second kappa shape index (κ2) is 10.7. The molecular formula is C22H26N2O4. The van der Waals surface area contributed by atoms with Crippen LogP contribution in [0.4, 0.5) is 10.5 Å². The number of urea groups is 1. The van der Waals surface area contributed by atoms with Crippen LogP contribution < -0.4 is 24.8 Å². The summed E-state index contributed by atoms with van der Waals surface area (Å²) in [7, 11) is 3.11. The molecule has 0 spiro atoms. The minimum Gasteiger partial charge on any atom is -0.497 e. The first kappa shape index (κ1) is 20.9. The van der Waals surface area contributed by atoms with Gasteiger partial charge < -0.3 is 24.8 Å². The van der Waals surface area contributed by atoms with E-state index in [-0.39, 0.29) is 6.03 Å². The smallest absolute Gasteiger partial charge is 0.319 e. The zero-order valence-electron chi connectivity index (χ0n) is 16.6. The number of allylic oxidation sites excluding steroid dienone is 3. The van der Waals surface area contributed by atoms with Gasteiger partial charge in [-0.25, -0.2) is 4.79 Å². The van der Waals surface area contributed by atoms with Crippen LogP contribution in [0.1, 0.15) is 19.4 Å². The minimum absolute atomic E-state index is 0.337. The summed E-state index contributed by atoms with van der Waals surface area (Å²) in [5.74, 6) is 2.70. The Morgan fingerprint density at radius 2 is 1.71 bits per heavy atom. The molecule has 0 heterocycles. The van der Waals surface area contributed by atoms with Gasteiger partial charge in [0.2, 0.25) is 0 Å². The van der Waals surface area contributed by atoms with Gasteiger partial charge in [-0.2, -0.15) is 0 Å². The summed E-state index contributed by atoms with van der Waals surface area (Å²) in [5.41, 5.74) is 1.49. The molecule has 0 unspecified atom stereocenters. The maximum absolute atomic E-state index is 12.2. The van der Waals surface area contributed by atoms with Crippen molar-refractivity contribution in [3.8, 4) is 17.2 Å². The number of hydrogen-bond acceptors (Lipinski definition) is 4. The van der Waals surface area contributed by atoms with Gasteiger partial charge in [-0.15, -0.1) is 0 Å². The first-order valence-corrected chi connectivity index (χ1v) is 8.92. The molecule has 0 saturated carbocycles. The summed E-state index contributed by atoms with van der Waals surface area (Å²) in [6.45, 7) is 4.24. The van der Waals surface area contributed by atoms with Crippen LogP contribution in [0, 0.1) is 0 Å². The van der Waals surface area contributed by atoms with Crippen LogP contribution in [0.3, 0.4) is 0 Å². The van der Waals surface area contributed by atoms with Crippen molar-refractivity contribution in [1.29, 1.82) is 0 Å². The van der Waals surface area contributed by atoms with Crippen molar-refractivity contribution in [3.63, 3.8) is 0 Å². The minimum atomic E-state index is -0.337. The molecule has 2 aromatic carbocycles. The van der Waals surface area contributed by atoms with Crippen LogP contribution in [0.2, 0.25) is 0 Å². The van der Waals surface area contributed by atoms with Gasteiger partial charge in [0.15, 0.2) is 0 Å². The molecule has 0 radical (unpaired) electrons. The number of nitrogens with one attached hydrogen (secondary N) is 2. The molecule has 0 aliphatic carbocycles. The summed E-state index contributed by atoms with van der Waals surface area (Å²) in [5, 5.41) is 5.59. The maximum atomic E-state index is 12.2. The van der Waals surface area contributed by atoms with E-state index in [1.54, 1.807) is 32.4 Å². The third-order valence-corrected chi connectivity index (χ3v) is 3.88. The van der Waals surface area contributed by atoms with Gasteiger partial charge in [0.25, 0.3) is 0 Å². The Balaban J connectivity index is 1.92. The number of hydrogen-bond donors (Lipinski definition) is 2. The van der Waals surface area contributed by atoms with Gasteiger partial charge in [-0.05, 0) is 55.8 Å². The number of rotatable bonds is 8. The van der Waals surface area contributed by atoms with Gasteiger partial charge in [0.1, 0.15) is 23.0 Å². The molecule has 6 nitrogen and oxygen atoms in total. The second-order valence-electron chi connectivity index (χ2n) is 5.81. The lowest BCUT2D eigenvalue weighted by Gasteiger charge is -2.13. The number of carbonyl (C=O) groups excluding carboxylic acids is 1.